The summed E-state index contributed by atoms with van der Waals surface area (Å²) in [6.07, 6.45) is 0. The van der Waals surface area contributed by atoms with Gasteiger partial charge in [0.15, 0.2) is 0 Å². The first kappa shape index (κ1) is 17.4. The fourth-order valence-electron chi connectivity index (χ4n) is 3.09. The average Bonchev–Trinajstić information content (AvgIpc) is 2.55. The van der Waals surface area contributed by atoms with Crippen molar-refractivity contribution in [3.8, 4) is 0 Å². The summed E-state index contributed by atoms with van der Waals surface area (Å²) in [5.41, 5.74) is 2.60. The summed E-state index contributed by atoms with van der Waals surface area (Å²) in [4.78, 5) is 16.5. The van der Waals surface area contributed by atoms with Gasteiger partial charge in [-0.2, -0.15) is 0 Å². The van der Waals surface area contributed by atoms with Crippen LogP contribution in [0.1, 0.15) is 5.56 Å². The van der Waals surface area contributed by atoms with E-state index in [1.165, 1.54) is 11.3 Å². The molecule has 1 aliphatic rings. The third-order valence-electron chi connectivity index (χ3n) is 4.34. The molecule has 0 spiro atoms. The third-order valence-corrected chi connectivity index (χ3v) is 4.34. The van der Waals surface area contributed by atoms with Gasteiger partial charge in [0.2, 0.25) is 5.91 Å². The van der Waals surface area contributed by atoms with Gasteiger partial charge in [-0.05, 0) is 30.7 Å². The summed E-state index contributed by atoms with van der Waals surface area (Å²) in [6.45, 7) is 5.50. The van der Waals surface area contributed by atoms with Gasteiger partial charge in [0.25, 0.3) is 0 Å². The van der Waals surface area contributed by atoms with Gasteiger partial charge in [-0.3, -0.25) is 9.69 Å². The van der Waals surface area contributed by atoms with Crippen LogP contribution in [0.5, 0.6) is 0 Å². The Morgan fingerprint density at radius 2 is 1.68 bits per heavy atom. The lowest BCUT2D eigenvalue weighted by molar-refractivity contribution is -0.117. The summed E-state index contributed by atoms with van der Waals surface area (Å²) in [5, 5.41) is 2.55. The van der Waals surface area contributed by atoms with Gasteiger partial charge in [0, 0.05) is 43.6 Å². The lowest BCUT2D eigenvalue weighted by atomic mass is 10.1. The van der Waals surface area contributed by atoms with E-state index in [-0.39, 0.29) is 18.1 Å². The topological polar surface area (TPSA) is 35.6 Å². The summed E-state index contributed by atoms with van der Waals surface area (Å²) >= 11 is 0. The lowest BCUT2D eigenvalue weighted by Crippen LogP contribution is -2.48. The molecular weight excluding hydrogens is 324 g/mol. The zero-order valence-electron chi connectivity index (χ0n) is 14.1. The van der Waals surface area contributed by atoms with E-state index in [4.69, 9.17) is 0 Å². The third kappa shape index (κ3) is 4.54. The van der Waals surface area contributed by atoms with E-state index < -0.39 is 11.6 Å². The number of anilines is 2. The monoisotopic (exact) mass is 345 g/mol. The molecule has 0 aliphatic carbocycles. The van der Waals surface area contributed by atoms with E-state index >= 15 is 0 Å². The molecule has 1 aliphatic heterocycles. The molecule has 6 heteroatoms. The Labute approximate surface area is 146 Å². The Balaban J connectivity index is 1.52. The number of amides is 1. The van der Waals surface area contributed by atoms with Crippen LogP contribution < -0.4 is 10.2 Å². The van der Waals surface area contributed by atoms with Gasteiger partial charge in [-0.1, -0.05) is 18.2 Å². The van der Waals surface area contributed by atoms with Gasteiger partial charge in [-0.25, -0.2) is 8.78 Å². The predicted octanol–water partition coefficient (Wildman–Crippen LogP) is 3.03. The van der Waals surface area contributed by atoms with Gasteiger partial charge in [-0.15, -0.1) is 0 Å². The zero-order valence-corrected chi connectivity index (χ0v) is 14.1. The molecule has 1 N–H and O–H groups in total. The number of nitrogens with zero attached hydrogens (tertiary/aromatic N) is 2. The predicted molar refractivity (Wildman–Crippen MR) is 94.8 cm³/mol. The van der Waals surface area contributed by atoms with Crippen molar-refractivity contribution in [1.82, 2.24) is 4.90 Å². The second-order valence-electron chi connectivity index (χ2n) is 6.26. The van der Waals surface area contributed by atoms with Crippen molar-refractivity contribution in [3.05, 3.63) is 59.7 Å². The first-order valence-electron chi connectivity index (χ1n) is 8.30. The van der Waals surface area contributed by atoms with Crippen LogP contribution in [-0.4, -0.2) is 43.5 Å². The fourth-order valence-corrected chi connectivity index (χ4v) is 3.09. The minimum absolute atomic E-state index is 0.140. The van der Waals surface area contributed by atoms with Crippen LogP contribution in [0.4, 0.5) is 20.2 Å². The highest BCUT2D eigenvalue weighted by Crippen LogP contribution is 2.20. The zero-order chi connectivity index (χ0) is 17.8. The largest absolute Gasteiger partial charge is 0.369 e. The molecule has 0 saturated carbocycles. The van der Waals surface area contributed by atoms with E-state index in [9.17, 15) is 13.6 Å². The quantitative estimate of drug-likeness (QED) is 0.925. The van der Waals surface area contributed by atoms with Crippen LogP contribution in [0, 0.1) is 18.6 Å². The first-order valence-corrected chi connectivity index (χ1v) is 8.30. The number of piperazine rings is 1. The standard InChI is InChI=1S/C19H21F2N3O/c1-14-4-2-3-5-18(14)24-8-6-23(7-9-24)13-19(25)22-17-11-15(20)10-16(21)12-17/h2-5,10-12H,6-9,13H2,1H3,(H,22,25). The van der Waals surface area contributed by atoms with Crippen molar-refractivity contribution >= 4 is 17.3 Å². The highest BCUT2D eigenvalue weighted by atomic mass is 19.1. The second-order valence-corrected chi connectivity index (χ2v) is 6.26. The van der Waals surface area contributed by atoms with Crippen LogP contribution in [0.15, 0.2) is 42.5 Å². The molecule has 3 rings (SSSR count). The number of halogens is 2. The number of hydrogen-bond donors (Lipinski definition) is 1. The maximum absolute atomic E-state index is 13.2. The van der Waals surface area contributed by atoms with E-state index in [0.717, 1.165) is 44.4 Å². The van der Waals surface area contributed by atoms with Crippen molar-refractivity contribution in [2.24, 2.45) is 0 Å². The van der Waals surface area contributed by atoms with Crippen molar-refractivity contribution < 1.29 is 13.6 Å². The molecule has 2 aromatic rings. The number of aryl methyl sites for hydroxylation is 1. The summed E-state index contributed by atoms with van der Waals surface area (Å²) in [6, 6.07) is 11.2. The van der Waals surface area contributed by atoms with Crippen LogP contribution in [-0.2, 0) is 4.79 Å². The minimum atomic E-state index is -0.706. The van der Waals surface area contributed by atoms with Crippen LogP contribution >= 0.6 is 0 Å². The normalized spacial score (nSPS) is 15.2. The molecule has 0 aromatic heterocycles. The molecule has 1 heterocycles. The molecule has 2 aromatic carbocycles. The first-order chi connectivity index (χ1) is 12.0. The van der Waals surface area contributed by atoms with Crippen LogP contribution in [0.2, 0.25) is 0 Å². The van der Waals surface area contributed by atoms with Crippen LogP contribution in [0.25, 0.3) is 0 Å². The molecule has 1 fully saturated rings. The van der Waals surface area contributed by atoms with Crippen molar-refractivity contribution in [1.29, 1.82) is 0 Å². The van der Waals surface area contributed by atoms with Crippen molar-refractivity contribution in [3.63, 3.8) is 0 Å². The minimum Gasteiger partial charge on any atom is -0.369 e. The highest BCUT2D eigenvalue weighted by molar-refractivity contribution is 5.92. The van der Waals surface area contributed by atoms with Crippen LogP contribution in [0.3, 0.4) is 0 Å². The lowest BCUT2D eigenvalue weighted by Gasteiger charge is -2.36. The van der Waals surface area contributed by atoms with Crippen molar-refractivity contribution in [2.45, 2.75) is 6.92 Å². The number of carbonyl (C=O) groups excluding carboxylic acids is 1. The Bertz CT molecular complexity index is 738. The van der Waals surface area contributed by atoms with Gasteiger partial charge in [0.1, 0.15) is 11.6 Å². The number of carbonyl (C=O) groups is 1. The molecule has 25 heavy (non-hydrogen) atoms. The van der Waals surface area contributed by atoms with E-state index in [1.807, 2.05) is 17.0 Å². The second kappa shape index (κ2) is 7.61. The molecule has 0 atom stereocenters. The molecule has 1 amide bonds. The molecule has 4 nitrogen and oxygen atoms in total. The van der Waals surface area contributed by atoms with Crippen molar-refractivity contribution in [2.75, 3.05) is 42.9 Å². The number of hydrogen-bond acceptors (Lipinski definition) is 3. The molecule has 0 unspecified atom stereocenters. The average molecular weight is 345 g/mol. The summed E-state index contributed by atoms with van der Waals surface area (Å²) in [5.74, 6) is -1.68. The molecular formula is C19H21F2N3O. The number of para-hydroxylation sites is 1. The van der Waals surface area contributed by atoms with Gasteiger partial charge in [0.05, 0.1) is 6.54 Å². The molecule has 132 valence electrons. The summed E-state index contributed by atoms with van der Waals surface area (Å²) < 4.78 is 26.3. The maximum atomic E-state index is 13.2. The van der Waals surface area contributed by atoms with E-state index in [2.05, 4.69) is 29.3 Å². The van der Waals surface area contributed by atoms with E-state index in [0.29, 0.717) is 0 Å². The Kier molecular flexibility index (Phi) is 5.28. The SMILES string of the molecule is Cc1ccccc1N1CCN(CC(=O)Nc2cc(F)cc(F)c2)CC1. The molecule has 1 saturated heterocycles. The number of benzene rings is 2. The number of rotatable bonds is 4. The maximum Gasteiger partial charge on any atom is 0.238 e. The Morgan fingerprint density at radius 3 is 2.32 bits per heavy atom. The summed E-state index contributed by atoms with van der Waals surface area (Å²) in [7, 11) is 0. The van der Waals surface area contributed by atoms with Gasteiger partial charge < -0.3 is 10.2 Å². The fraction of sp³-hybridized carbons (Fsp3) is 0.316. The highest BCUT2D eigenvalue weighted by Gasteiger charge is 2.20. The number of nitrogens with one attached hydrogen (secondary N) is 1. The Morgan fingerprint density at radius 1 is 1.04 bits per heavy atom. The smallest absolute Gasteiger partial charge is 0.238 e. The van der Waals surface area contributed by atoms with Gasteiger partial charge >= 0.3 is 0 Å². The Hall–Kier alpha value is -2.47. The molecule has 0 radical (unpaired) electrons. The van der Waals surface area contributed by atoms with E-state index in [1.54, 1.807) is 0 Å². The molecule has 0 bridgehead atoms.